The summed E-state index contributed by atoms with van der Waals surface area (Å²) >= 11 is 0. The summed E-state index contributed by atoms with van der Waals surface area (Å²) in [5, 5.41) is 9.29. The topological polar surface area (TPSA) is 65.5 Å². The summed E-state index contributed by atoms with van der Waals surface area (Å²) in [6.45, 7) is 1.06. The number of halogens is 1. The Morgan fingerprint density at radius 3 is 2.70 bits per heavy atom. The van der Waals surface area contributed by atoms with E-state index in [1.165, 1.54) is 12.1 Å². The van der Waals surface area contributed by atoms with Crippen LogP contribution in [-0.2, 0) is 11.2 Å². The fraction of sp³-hybridized carbons (Fsp3) is 0.412. The van der Waals surface area contributed by atoms with Crippen LogP contribution in [0, 0.1) is 5.82 Å². The SMILES string of the molecule is CN=C(NCCNC(=O)Cc1cccc(F)c1)NC1CC=CC1. The first-order valence-electron chi connectivity index (χ1n) is 7.80. The standard InChI is InChI=1S/C17H23FN4O/c1-19-17(22-15-7-2-3-8-15)21-10-9-20-16(23)12-13-5-4-6-14(18)11-13/h2-6,11,15H,7-10,12H2,1H3,(H,20,23)(H2,19,21,22). The van der Waals surface area contributed by atoms with Gasteiger partial charge in [-0.05, 0) is 30.5 Å². The van der Waals surface area contributed by atoms with Gasteiger partial charge in [-0.1, -0.05) is 24.3 Å². The molecule has 1 aliphatic rings. The number of hydrogen-bond donors (Lipinski definition) is 3. The van der Waals surface area contributed by atoms with E-state index in [0.717, 1.165) is 18.8 Å². The molecule has 0 bridgehead atoms. The molecule has 0 spiro atoms. The van der Waals surface area contributed by atoms with Crippen LogP contribution >= 0.6 is 0 Å². The minimum atomic E-state index is -0.326. The van der Waals surface area contributed by atoms with E-state index in [1.807, 2.05) is 0 Å². The van der Waals surface area contributed by atoms with E-state index in [1.54, 1.807) is 19.2 Å². The molecular weight excluding hydrogens is 295 g/mol. The molecule has 0 fully saturated rings. The molecule has 6 heteroatoms. The van der Waals surface area contributed by atoms with Crippen LogP contribution in [0.15, 0.2) is 41.4 Å². The van der Waals surface area contributed by atoms with Gasteiger partial charge in [0.1, 0.15) is 5.82 Å². The quantitative estimate of drug-likeness (QED) is 0.321. The molecule has 5 nitrogen and oxygen atoms in total. The van der Waals surface area contributed by atoms with Crippen molar-refractivity contribution in [3.63, 3.8) is 0 Å². The largest absolute Gasteiger partial charge is 0.355 e. The maximum Gasteiger partial charge on any atom is 0.224 e. The normalized spacial score (nSPS) is 14.8. The molecule has 0 saturated heterocycles. The highest BCUT2D eigenvalue weighted by molar-refractivity contribution is 5.80. The van der Waals surface area contributed by atoms with Gasteiger partial charge < -0.3 is 16.0 Å². The third-order valence-corrected chi connectivity index (χ3v) is 3.57. The zero-order valence-corrected chi connectivity index (χ0v) is 13.3. The fourth-order valence-electron chi connectivity index (χ4n) is 2.40. The van der Waals surface area contributed by atoms with Crippen LogP contribution in [-0.4, -0.2) is 38.0 Å². The van der Waals surface area contributed by atoms with Crippen LogP contribution in [0.3, 0.4) is 0 Å². The molecule has 1 aromatic rings. The third-order valence-electron chi connectivity index (χ3n) is 3.57. The first kappa shape index (κ1) is 17.0. The van der Waals surface area contributed by atoms with Gasteiger partial charge in [-0.25, -0.2) is 4.39 Å². The molecule has 0 atom stereocenters. The Bertz CT molecular complexity index is 578. The van der Waals surface area contributed by atoms with Crippen LogP contribution in [0.4, 0.5) is 4.39 Å². The summed E-state index contributed by atoms with van der Waals surface area (Å²) in [6.07, 6.45) is 6.49. The number of carbonyl (C=O) groups is 1. The minimum Gasteiger partial charge on any atom is -0.355 e. The number of amides is 1. The van der Waals surface area contributed by atoms with E-state index in [-0.39, 0.29) is 18.1 Å². The Kier molecular flexibility index (Phi) is 6.59. The first-order valence-corrected chi connectivity index (χ1v) is 7.80. The molecule has 0 unspecified atom stereocenters. The van der Waals surface area contributed by atoms with Crippen LogP contribution in [0.1, 0.15) is 18.4 Å². The van der Waals surface area contributed by atoms with Crippen LogP contribution in [0.5, 0.6) is 0 Å². The molecule has 0 heterocycles. The van der Waals surface area contributed by atoms with E-state index >= 15 is 0 Å². The summed E-state index contributed by atoms with van der Waals surface area (Å²) < 4.78 is 13.1. The highest BCUT2D eigenvalue weighted by Gasteiger charge is 2.11. The van der Waals surface area contributed by atoms with Gasteiger partial charge in [0, 0.05) is 26.2 Å². The lowest BCUT2D eigenvalue weighted by atomic mass is 10.1. The smallest absolute Gasteiger partial charge is 0.224 e. The Morgan fingerprint density at radius 2 is 2.00 bits per heavy atom. The summed E-state index contributed by atoms with van der Waals surface area (Å²) in [5.74, 6) is 0.284. The van der Waals surface area contributed by atoms with Gasteiger partial charge >= 0.3 is 0 Å². The molecule has 0 aromatic heterocycles. The molecule has 0 aliphatic heterocycles. The molecule has 3 N–H and O–H groups in total. The number of nitrogens with zero attached hydrogens (tertiary/aromatic N) is 1. The summed E-state index contributed by atoms with van der Waals surface area (Å²) in [6, 6.07) is 6.47. The molecule has 0 saturated carbocycles. The first-order chi connectivity index (χ1) is 11.2. The number of nitrogens with one attached hydrogen (secondary N) is 3. The number of benzene rings is 1. The van der Waals surface area contributed by atoms with Crippen molar-refractivity contribution < 1.29 is 9.18 Å². The Balaban J connectivity index is 1.63. The van der Waals surface area contributed by atoms with Crippen molar-refractivity contribution in [1.29, 1.82) is 0 Å². The predicted molar refractivity (Wildman–Crippen MR) is 89.8 cm³/mol. The van der Waals surface area contributed by atoms with Crippen molar-refractivity contribution in [3.8, 4) is 0 Å². The van der Waals surface area contributed by atoms with Gasteiger partial charge in [0.05, 0.1) is 6.42 Å². The second kappa shape index (κ2) is 8.92. The van der Waals surface area contributed by atoms with Gasteiger partial charge in [-0.2, -0.15) is 0 Å². The van der Waals surface area contributed by atoms with E-state index < -0.39 is 0 Å². The van der Waals surface area contributed by atoms with Gasteiger partial charge in [0.15, 0.2) is 5.96 Å². The van der Waals surface area contributed by atoms with Crippen molar-refractivity contribution in [2.24, 2.45) is 4.99 Å². The average Bonchev–Trinajstić information content (AvgIpc) is 3.03. The van der Waals surface area contributed by atoms with Crippen molar-refractivity contribution in [2.45, 2.75) is 25.3 Å². The summed E-state index contributed by atoms with van der Waals surface area (Å²) in [7, 11) is 1.72. The van der Waals surface area contributed by atoms with Gasteiger partial charge in [0.25, 0.3) is 0 Å². The Hall–Kier alpha value is -2.37. The van der Waals surface area contributed by atoms with Crippen molar-refractivity contribution >= 4 is 11.9 Å². The molecule has 1 amide bonds. The number of guanidine groups is 1. The molecule has 124 valence electrons. The maximum atomic E-state index is 13.1. The Labute approximate surface area is 136 Å². The van der Waals surface area contributed by atoms with E-state index in [0.29, 0.717) is 24.7 Å². The van der Waals surface area contributed by atoms with Crippen LogP contribution in [0.2, 0.25) is 0 Å². The van der Waals surface area contributed by atoms with E-state index in [2.05, 4.69) is 33.1 Å². The predicted octanol–water partition coefficient (Wildman–Crippen LogP) is 1.37. The average molecular weight is 318 g/mol. The minimum absolute atomic E-state index is 0.125. The maximum absolute atomic E-state index is 13.1. The molecule has 1 aliphatic carbocycles. The van der Waals surface area contributed by atoms with E-state index in [9.17, 15) is 9.18 Å². The second-order valence-electron chi connectivity index (χ2n) is 5.44. The molecule has 2 rings (SSSR count). The number of rotatable bonds is 6. The Morgan fingerprint density at radius 1 is 1.26 bits per heavy atom. The molecule has 1 aromatic carbocycles. The highest BCUT2D eigenvalue weighted by atomic mass is 19.1. The summed E-state index contributed by atoms with van der Waals surface area (Å²) in [5.41, 5.74) is 0.668. The van der Waals surface area contributed by atoms with Crippen LogP contribution in [0.25, 0.3) is 0 Å². The zero-order chi connectivity index (χ0) is 16.5. The van der Waals surface area contributed by atoms with Crippen molar-refractivity contribution in [2.75, 3.05) is 20.1 Å². The fourth-order valence-corrected chi connectivity index (χ4v) is 2.40. The monoisotopic (exact) mass is 318 g/mol. The second-order valence-corrected chi connectivity index (χ2v) is 5.44. The highest BCUT2D eigenvalue weighted by Crippen LogP contribution is 2.08. The third kappa shape index (κ3) is 6.10. The van der Waals surface area contributed by atoms with Crippen LogP contribution < -0.4 is 16.0 Å². The molecular formula is C17H23FN4O. The number of hydrogen-bond acceptors (Lipinski definition) is 2. The summed E-state index contributed by atoms with van der Waals surface area (Å²) in [4.78, 5) is 16.0. The van der Waals surface area contributed by atoms with Crippen molar-refractivity contribution in [3.05, 3.63) is 47.8 Å². The van der Waals surface area contributed by atoms with Gasteiger partial charge in [-0.15, -0.1) is 0 Å². The van der Waals surface area contributed by atoms with E-state index in [4.69, 9.17) is 0 Å². The van der Waals surface area contributed by atoms with Gasteiger partial charge in [-0.3, -0.25) is 9.79 Å². The number of carbonyl (C=O) groups excluding carboxylic acids is 1. The molecule has 0 radical (unpaired) electrons. The lowest BCUT2D eigenvalue weighted by Gasteiger charge is -2.17. The lowest BCUT2D eigenvalue weighted by Crippen LogP contribution is -2.45. The molecule has 23 heavy (non-hydrogen) atoms. The zero-order valence-electron chi connectivity index (χ0n) is 13.3. The van der Waals surface area contributed by atoms with Crippen molar-refractivity contribution in [1.82, 2.24) is 16.0 Å². The lowest BCUT2D eigenvalue weighted by molar-refractivity contribution is -0.120. The van der Waals surface area contributed by atoms with Gasteiger partial charge in [0.2, 0.25) is 5.91 Å². The number of aliphatic imine (C=N–C) groups is 1.